The van der Waals surface area contributed by atoms with Gasteiger partial charge in [-0.15, -0.1) is 0 Å². The Balaban J connectivity index is 2.39. The number of ether oxygens (including phenoxy) is 1. The molecule has 0 atom stereocenters. The predicted octanol–water partition coefficient (Wildman–Crippen LogP) is 6.90. The van der Waals surface area contributed by atoms with Crippen molar-refractivity contribution in [2.24, 2.45) is 0 Å². The highest BCUT2D eigenvalue weighted by molar-refractivity contribution is 5.47. The first kappa shape index (κ1) is 23.5. The fourth-order valence-electron chi connectivity index (χ4n) is 4.27. The first-order valence-electron chi connectivity index (χ1n) is 11.2. The summed E-state index contributed by atoms with van der Waals surface area (Å²) in [5, 5.41) is 10.1. The van der Waals surface area contributed by atoms with Crippen molar-refractivity contribution >= 4 is 0 Å². The summed E-state index contributed by atoms with van der Waals surface area (Å²) in [4.78, 5) is 0. The molecule has 0 fully saturated rings. The molecule has 0 amide bonds. The van der Waals surface area contributed by atoms with Crippen molar-refractivity contribution in [3.63, 3.8) is 0 Å². The lowest BCUT2D eigenvalue weighted by Crippen LogP contribution is -2.26. The van der Waals surface area contributed by atoms with Gasteiger partial charge in [0.2, 0.25) is 0 Å². The van der Waals surface area contributed by atoms with E-state index >= 15 is 0 Å². The molecule has 0 saturated heterocycles. The van der Waals surface area contributed by atoms with Crippen LogP contribution >= 0.6 is 0 Å². The third-order valence-corrected chi connectivity index (χ3v) is 6.30. The van der Waals surface area contributed by atoms with E-state index in [1.54, 1.807) is 0 Å². The molecule has 0 aliphatic rings. The third-order valence-electron chi connectivity index (χ3n) is 6.30. The minimum atomic E-state index is -0.624. The molecule has 2 heteroatoms. The van der Waals surface area contributed by atoms with E-state index in [-0.39, 0.29) is 5.41 Å². The topological polar surface area (TPSA) is 29.5 Å². The van der Waals surface area contributed by atoms with Gasteiger partial charge in [0, 0.05) is 5.41 Å². The summed E-state index contributed by atoms with van der Waals surface area (Å²) in [5.41, 5.74) is 5.99. The molecule has 2 rings (SSSR count). The SMILES string of the molecule is CCCOc1ccc(C(CC)(CC)c2ccc(CCC(C)(C)O)c(C)c2)cc1C. The first-order chi connectivity index (χ1) is 13.7. The van der Waals surface area contributed by atoms with E-state index in [0.717, 1.165) is 44.5 Å². The normalized spacial score (nSPS) is 12.3. The lowest BCUT2D eigenvalue weighted by atomic mass is 9.69. The molecule has 0 bridgehead atoms. The van der Waals surface area contributed by atoms with Crippen LogP contribution in [0.4, 0.5) is 0 Å². The predicted molar refractivity (Wildman–Crippen MR) is 124 cm³/mol. The molecule has 0 aliphatic carbocycles. The lowest BCUT2D eigenvalue weighted by molar-refractivity contribution is 0.0713. The summed E-state index contributed by atoms with van der Waals surface area (Å²) in [5.74, 6) is 0.995. The van der Waals surface area contributed by atoms with Gasteiger partial charge in [0.15, 0.2) is 0 Å². The summed E-state index contributed by atoms with van der Waals surface area (Å²) in [7, 11) is 0. The summed E-state index contributed by atoms with van der Waals surface area (Å²) in [6.45, 7) is 15.6. The van der Waals surface area contributed by atoms with Crippen molar-refractivity contribution < 1.29 is 9.84 Å². The average molecular weight is 397 g/mol. The van der Waals surface area contributed by atoms with Gasteiger partial charge >= 0.3 is 0 Å². The summed E-state index contributed by atoms with van der Waals surface area (Å²) >= 11 is 0. The quantitative estimate of drug-likeness (QED) is 0.473. The second-order valence-corrected chi connectivity index (χ2v) is 9.07. The molecule has 0 saturated carbocycles. The molecule has 0 aliphatic heterocycles. The van der Waals surface area contributed by atoms with E-state index in [9.17, 15) is 5.11 Å². The van der Waals surface area contributed by atoms with Crippen LogP contribution in [0.15, 0.2) is 36.4 Å². The van der Waals surface area contributed by atoms with Gasteiger partial charge in [0.25, 0.3) is 0 Å². The Labute approximate surface area is 178 Å². The van der Waals surface area contributed by atoms with Crippen LogP contribution in [-0.4, -0.2) is 17.3 Å². The number of benzene rings is 2. The largest absolute Gasteiger partial charge is 0.493 e. The molecular formula is C27H40O2. The van der Waals surface area contributed by atoms with Gasteiger partial charge in [0.1, 0.15) is 5.75 Å². The van der Waals surface area contributed by atoms with Crippen LogP contribution in [0.1, 0.15) is 88.1 Å². The molecule has 0 radical (unpaired) electrons. The molecule has 2 nitrogen and oxygen atoms in total. The van der Waals surface area contributed by atoms with Crippen molar-refractivity contribution in [1.82, 2.24) is 0 Å². The van der Waals surface area contributed by atoms with Crippen LogP contribution in [0.25, 0.3) is 0 Å². The Bertz CT molecular complexity index is 795. The number of hydrogen-bond acceptors (Lipinski definition) is 2. The van der Waals surface area contributed by atoms with Crippen molar-refractivity contribution in [2.75, 3.05) is 6.61 Å². The van der Waals surface area contributed by atoms with Crippen molar-refractivity contribution in [2.45, 2.75) is 91.6 Å². The van der Waals surface area contributed by atoms with Crippen LogP contribution in [-0.2, 0) is 11.8 Å². The van der Waals surface area contributed by atoms with Crippen LogP contribution in [0, 0.1) is 13.8 Å². The molecule has 29 heavy (non-hydrogen) atoms. The zero-order chi connectivity index (χ0) is 21.7. The number of aliphatic hydroxyl groups is 1. The Morgan fingerprint density at radius 2 is 1.45 bits per heavy atom. The van der Waals surface area contributed by atoms with Crippen LogP contribution in [0.5, 0.6) is 5.75 Å². The van der Waals surface area contributed by atoms with Gasteiger partial charge in [-0.2, -0.15) is 0 Å². The zero-order valence-corrected chi connectivity index (χ0v) is 19.6. The van der Waals surface area contributed by atoms with E-state index in [2.05, 4.69) is 71.0 Å². The maximum absolute atomic E-state index is 10.1. The monoisotopic (exact) mass is 396 g/mol. The maximum atomic E-state index is 10.1. The van der Waals surface area contributed by atoms with Crippen LogP contribution in [0.2, 0.25) is 0 Å². The molecule has 0 aromatic heterocycles. The summed E-state index contributed by atoms with van der Waals surface area (Å²) in [6, 6.07) is 13.6. The molecular weight excluding hydrogens is 356 g/mol. The van der Waals surface area contributed by atoms with Gasteiger partial charge in [-0.25, -0.2) is 0 Å². The van der Waals surface area contributed by atoms with Gasteiger partial charge in [-0.05, 0) is 93.7 Å². The van der Waals surface area contributed by atoms with Gasteiger partial charge in [-0.1, -0.05) is 51.1 Å². The second-order valence-electron chi connectivity index (χ2n) is 9.07. The highest BCUT2D eigenvalue weighted by Gasteiger charge is 2.31. The second kappa shape index (κ2) is 9.80. The molecule has 1 N–H and O–H groups in total. The average Bonchev–Trinajstić information content (AvgIpc) is 2.67. The highest BCUT2D eigenvalue weighted by atomic mass is 16.5. The fraction of sp³-hybridized carbons (Fsp3) is 0.556. The number of rotatable bonds is 10. The molecule has 0 heterocycles. The smallest absolute Gasteiger partial charge is 0.122 e. The molecule has 0 spiro atoms. The fourth-order valence-corrected chi connectivity index (χ4v) is 4.27. The van der Waals surface area contributed by atoms with E-state index in [4.69, 9.17) is 4.74 Å². The third kappa shape index (κ3) is 5.63. The van der Waals surface area contributed by atoms with Gasteiger partial charge < -0.3 is 9.84 Å². The van der Waals surface area contributed by atoms with Crippen molar-refractivity contribution in [1.29, 1.82) is 0 Å². The van der Waals surface area contributed by atoms with Gasteiger partial charge in [-0.3, -0.25) is 0 Å². The van der Waals surface area contributed by atoms with Crippen LogP contribution in [0.3, 0.4) is 0 Å². The van der Waals surface area contributed by atoms with E-state index in [1.165, 1.54) is 27.8 Å². The lowest BCUT2D eigenvalue weighted by Gasteiger charge is -2.34. The summed E-state index contributed by atoms with van der Waals surface area (Å²) in [6.07, 6.45) is 4.82. The Kier molecular flexibility index (Phi) is 7.94. The minimum absolute atomic E-state index is 0.00753. The molecule has 160 valence electrons. The van der Waals surface area contributed by atoms with Crippen molar-refractivity contribution in [3.05, 3.63) is 64.2 Å². The molecule has 0 unspecified atom stereocenters. The number of aryl methyl sites for hydroxylation is 3. The van der Waals surface area contributed by atoms with E-state index in [0.29, 0.717) is 0 Å². The standard InChI is InChI=1S/C27H40O2/c1-8-17-29-25-14-13-24(19-21(25)5)27(9-2,10-3)23-12-11-22(20(4)18-23)15-16-26(6,7)28/h11-14,18-19,28H,8-10,15-17H2,1-7H3. The van der Waals surface area contributed by atoms with E-state index < -0.39 is 5.60 Å². The molecule has 2 aromatic rings. The van der Waals surface area contributed by atoms with Crippen LogP contribution < -0.4 is 4.74 Å². The number of hydrogen-bond donors (Lipinski definition) is 1. The summed E-state index contributed by atoms with van der Waals surface area (Å²) < 4.78 is 5.90. The minimum Gasteiger partial charge on any atom is -0.493 e. The maximum Gasteiger partial charge on any atom is 0.122 e. The zero-order valence-electron chi connectivity index (χ0n) is 19.6. The highest BCUT2D eigenvalue weighted by Crippen LogP contribution is 2.41. The van der Waals surface area contributed by atoms with Gasteiger partial charge in [0.05, 0.1) is 12.2 Å². The molecule has 2 aromatic carbocycles. The van der Waals surface area contributed by atoms with Crippen molar-refractivity contribution in [3.8, 4) is 5.75 Å². The first-order valence-corrected chi connectivity index (χ1v) is 11.2. The Hall–Kier alpha value is -1.80. The Morgan fingerprint density at radius 1 is 0.862 bits per heavy atom. The Morgan fingerprint density at radius 3 is 1.93 bits per heavy atom. The van der Waals surface area contributed by atoms with E-state index in [1.807, 2.05) is 13.8 Å².